The monoisotopic (exact) mass is 374 g/mol. The minimum absolute atomic E-state index is 0.250. The molecule has 1 unspecified atom stereocenters. The summed E-state index contributed by atoms with van der Waals surface area (Å²) in [5.74, 6) is 1.66. The number of fused-ring (bicyclic) bond motifs is 1. The van der Waals surface area contributed by atoms with Crippen molar-refractivity contribution in [3.63, 3.8) is 0 Å². The zero-order valence-electron chi connectivity index (χ0n) is 14.7. The van der Waals surface area contributed by atoms with Crippen molar-refractivity contribution in [1.29, 1.82) is 0 Å². The Morgan fingerprint density at radius 1 is 1.26 bits per heavy atom. The first-order chi connectivity index (χ1) is 13.2. The molecule has 0 saturated carbocycles. The summed E-state index contributed by atoms with van der Waals surface area (Å²) in [6, 6.07) is 1.99. The highest BCUT2D eigenvalue weighted by Gasteiger charge is 2.23. The normalized spacial score (nSPS) is 15.9. The average Bonchev–Trinajstić information content (AvgIpc) is 3.34. The minimum atomic E-state index is -0.250. The number of aromatic amines is 1. The van der Waals surface area contributed by atoms with E-state index in [9.17, 15) is 0 Å². The highest BCUT2D eigenvalue weighted by molar-refractivity contribution is 5.85. The summed E-state index contributed by atoms with van der Waals surface area (Å²) >= 11 is 0. The van der Waals surface area contributed by atoms with Crippen LogP contribution in [0.25, 0.3) is 11.0 Å². The first kappa shape index (κ1) is 19.9. The molecule has 0 aliphatic carbocycles. The zero-order chi connectivity index (χ0) is 19.5. The van der Waals surface area contributed by atoms with Crippen molar-refractivity contribution < 1.29 is 19.8 Å². The van der Waals surface area contributed by atoms with E-state index >= 15 is 0 Å². The van der Waals surface area contributed by atoms with Gasteiger partial charge in [0.15, 0.2) is 5.82 Å². The fraction of sp³-hybridized carbons (Fsp3) is 0.353. The number of carboxylic acid groups (broad SMARTS) is 2. The Morgan fingerprint density at radius 3 is 2.74 bits per heavy atom. The van der Waals surface area contributed by atoms with Crippen LogP contribution >= 0.6 is 0 Å². The van der Waals surface area contributed by atoms with Crippen LogP contribution in [0.15, 0.2) is 37.3 Å². The van der Waals surface area contributed by atoms with Gasteiger partial charge in [-0.25, -0.2) is 15.0 Å². The molecule has 10 heteroatoms. The lowest BCUT2D eigenvalue weighted by Gasteiger charge is -2.33. The molecule has 1 atom stereocenters. The molecule has 0 amide bonds. The summed E-state index contributed by atoms with van der Waals surface area (Å²) in [5.41, 5.74) is 2.03. The number of piperidine rings is 1. The first-order valence-electron chi connectivity index (χ1n) is 8.38. The van der Waals surface area contributed by atoms with Crippen LogP contribution < -0.4 is 4.90 Å². The van der Waals surface area contributed by atoms with Crippen LogP contribution in [0.2, 0.25) is 0 Å². The van der Waals surface area contributed by atoms with Crippen LogP contribution in [0.3, 0.4) is 0 Å². The molecule has 4 rings (SSSR count). The number of nitrogens with zero attached hydrogens (tertiary/aromatic N) is 5. The van der Waals surface area contributed by atoms with E-state index in [1.807, 2.05) is 31.0 Å². The fourth-order valence-corrected chi connectivity index (χ4v) is 3.20. The maximum absolute atomic E-state index is 8.36. The van der Waals surface area contributed by atoms with E-state index in [0.29, 0.717) is 5.92 Å². The smallest absolute Gasteiger partial charge is 0.290 e. The predicted molar refractivity (Wildman–Crippen MR) is 98.4 cm³/mol. The summed E-state index contributed by atoms with van der Waals surface area (Å²) in [6.07, 6.45) is 11.8. The summed E-state index contributed by atoms with van der Waals surface area (Å²) in [5, 5.41) is 13.8. The Bertz CT molecular complexity index is 814. The number of hydrogen-bond donors (Lipinski definition) is 3. The summed E-state index contributed by atoms with van der Waals surface area (Å²) in [6.45, 7) is 2.62. The lowest BCUT2D eigenvalue weighted by Crippen LogP contribution is -2.37. The average molecular weight is 374 g/mol. The second-order valence-electron chi connectivity index (χ2n) is 5.86. The molecule has 10 nitrogen and oxygen atoms in total. The topological polar surface area (TPSA) is 137 Å². The van der Waals surface area contributed by atoms with Crippen molar-refractivity contribution in [2.75, 3.05) is 18.0 Å². The van der Waals surface area contributed by atoms with Gasteiger partial charge in [-0.1, -0.05) is 0 Å². The van der Waals surface area contributed by atoms with Crippen LogP contribution in [0, 0.1) is 5.92 Å². The number of rotatable bonds is 3. The van der Waals surface area contributed by atoms with Gasteiger partial charge in [-0.3, -0.25) is 9.59 Å². The Morgan fingerprint density at radius 2 is 2.04 bits per heavy atom. The molecule has 0 spiro atoms. The molecular weight excluding hydrogens is 352 g/mol. The van der Waals surface area contributed by atoms with E-state index in [1.165, 1.54) is 12.8 Å². The minimum Gasteiger partial charge on any atom is -0.483 e. The maximum atomic E-state index is 8.36. The highest BCUT2D eigenvalue weighted by Crippen LogP contribution is 2.27. The third-order valence-electron chi connectivity index (χ3n) is 4.17. The van der Waals surface area contributed by atoms with Crippen molar-refractivity contribution in [3.05, 3.63) is 37.3 Å². The van der Waals surface area contributed by atoms with Gasteiger partial charge in [0.1, 0.15) is 11.8 Å². The Labute approximate surface area is 155 Å². The summed E-state index contributed by atoms with van der Waals surface area (Å²) < 4.78 is 2.17. The predicted octanol–water partition coefficient (Wildman–Crippen LogP) is 1.47. The van der Waals surface area contributed by atoms with Crippen molar-refractivity contribution in [1.82, 2.24) is 24.5 Å². The van der Waals surface area contributed by atoms with Gasteiger partial charge >= 0.3 is 0 Å². The first-order valence-corrected chi connectivity index (χ1v) is 8.38. The molecular formula is C17H22N6O4. The van der Waals surface area contributed by atoms with Crippen molar-refractivity contribution >= 4 is 29.8 Å². The quantitative estimate of drug-likeness (QED) is 0.586. The third kappa shape index (κ3) is 5.53. The number of imidazole rings is 1. The molecule has 1 aliphatic heterocycles. The lowest BCUT2D eigenvalue weighted by atomic mass is 9.98. The second-order valence-corrected chi connectivity index (χ2v) is 5.86. The van der Waals surface area contributed by atoms with E-state index in [2.05, 4.69) is 29.4 Å². The lowest BCUT2D eigenvalue weighted by molar-refractivity contribution is -0.123. The zero-order valence-corrected chi connectivity index (χ0v) is 14.7. The molecule has 1 saturated heterocycles. The van der Waals surface area contributed by atoms with Gasteiger partial charge in [-0.2, -0.15) is 0 Å². The molecule has 3 N–H and O–H groups in total. The molecule has 0 radical (unpaired) electrons. The molecule has 0 aromatic carbocycles. The highest BCUT2D eigenvalue weighted by atomic mass is 16.3. The molecule has 144 valence electrons. The number of hydrogen-bond acceptors (Lipinski definition) is 6. The standard InChI is InChI=1S/C15H18N6.2CH2O2/c1-2-12(8-20-7-5-16-11-20)9-21(6-1)15-14-13(3-4-17-14)18-10-19-15;2*2-1-3/h3-5,7,10-12,17H,1-2,6,8-9H2;2*1H,(H,2,3). The molecule has 4 heterocycles. The van der Waals surface area contributed by atoms with Gasteiger partial charge in [-0.05, 0) is 24.8 Å². The van der Waals surface area contributed by atoms with E-state index in [0.717, 1.165) is 36.5 Å². The Kier molecular flexibility index (Phi) is 7.76. The summed E-state index contributed by atoms with van der Waals surface area (Å²) in [7, 11) is 0. The van der Waals surface area contributed by atoms with Crippen LogP contribution in [-0.2, 0) is 16.1 Å². The molecule has 3 aromatic rings. The van der Waals surface area contributed by atoms with Crippen molar-refractivity contribution in [2.45, 2.75) is 19.4 Å². The SMILES string of the molecule is O=CO.O=CO.c1cn(CC2CCCN(c3ncnc4cc[nH]c34)C2)cn1. The molecule has 3 aromatic heterocycles. The number of nitrogens with one attached hydrogen (secondary N) is 1. The van der Waals surface area contributed by atoms with Gasteiger partial charge < -0.3 is 24.7 Å². The maximum Gasteiger partial charge on any atom is 0.290 e. The number of carbonyl (C=O) groups is 2. The third-order valence-corrected chi connectivity index (χ3v) is 4.17. The van der Waals surface area contributed by atoms with Gasteiger partial charge in [-0.15, -0.1) is 0 Å². The molecule has 27 heavy (non-hydrogen) atoms. The van der Waals surface area contributed by atoms with Crippen molar-refractivity contribution in [3.8, 4) is 0 Å². The van der Waals surface area contributed by atoms with Gasteiger partial charge in [0.2, 0.25) is 0 Å². The van der Waals surface area contributed by atoms with Gasteiger partial charge in [0.05, 0.1) is 11.8 Å². The van der Waals surface area contributed by atoms with Crippen LogP contribution in [-0.4, -0.2) is 60.8 Å². The van der Waals surface area contributed by atoms with Gasteiger partial charge in [0, 0.05) is 38.2 Å². The second kappa shape index (κ2) is 10.5. The molecule has 1 aliphatic rings. The molecule has 1 fully saturated rings. The van der Waals surface area contributed by atoms with Crippen LogP contribution in [0.5, 0.6) is 0 Å². The number of H-pyrrole nitrogens is 1. The Hall–Kier alpha value is -3.43. The molecule has 0 bridgehead atoms. The van der Waals surface area contributed by atoms with Gasteiger partial charge in [0.25, 0.3) is 12.9 Å². The van der Waals surface area contributed by atoms with Crippen molar-refractivity contribution in [2.24, 2.45) is 5.92 Å². The van der Waals surface area contributed by atoms with E-state index in [1.54, 1.807) is 6.33 Å². The van der Waals surface area contributed by atoms with E-state index < -0.39 is 0 Å². The summed E-state index contributed by atoms with van der Waals surface area (Å²) in [4.78, 5) is 35.3. The van der Waals surface area contributed by atoms with Crippen LogP contribution in [0.1, 0.15) is 12.8 Å². The fourth-order valence-electron chi connectivity index (χ4n) is 3.20. The van der Waals surface area contributed by atoms with E-state index in [-0.39, 0.29) is 12.9 Å². The van der Waals surface area contributed by atoms with Crippen LogP contribution in [0.4, 0.5) is 5.82 Å². The Balaban J connectivity index is 0.000000389. The number of aromatic nitrogens is 5. The number of anilines is 1. The largest absolute Gasteiger partial charge is 0.483 e. The van der Waals surface area contributed by atoms with E-state index in [4.69, 9.17) is 19.8 Å².